The van der Waals surface area contributed by atoms with E-state index in [-0.39, 0.29) is 23.1 Å². The highest BCUT2D eigenvalue weighted by molar-refractivity contribution is 5.83. The molecule has 1 nitrogen and oxygen atoms in total. The summed E-state index contributed by atoms with van der Waals surface area (Å²) in [6.07, 6.45) is 5.37. The summed E-state index contributed by atoms with van der Waals surface area (Å²) in [5.41, 5.74) is 2.65. The maximum absolute atomic E-state index is 13.5. The number of terminal acetylenes is 1. The normalized spacial score (nSPS) is 12.3. The highest BCUT2D eigenvalue weighted by Crippen LogP contribution is 2.33. The molecule has 0 saturated carbocycles. The molecule has 17 heavy (non-hydrogen) atoms. The number of aryl methyl sites for hydroxylation is 1. The molecule has 0 aliphatic rings. The SMILES string of the molecule is C#C/C(=C(/C)F)c1c(C)cc(O)cc1C(C)C. The van der Waals surface area contributed by atoms with Crippen LogP contribution in [0.2, 0.25) is 0 Å². The third kappa shape index (κ3) is 2.68. The second kappa shape index (κ2) is 5.05. The molecule has 1 aromatic rings. The van der Waals surface area contributed by atoms with Crippen molar-refractivity contribution >= 4 is 5.57 Å². The largest absolute Gasteiger partial charge is 0.508 e. The molecule has 0 unspecified atom stereocenters. The number of hydrogen-bond donors (Lipinski definition) is 1. The highest BCUT2D eigenvalue weighted by Gasteiger charge is 2.15. The molecule has 0 spiro atoms. The molecule has 1 aromatic carbocycles. The van der Waals surface area contributed by atoms with Gasteiger partial charge in [-0.3, -0.25) is 0 Å². The Kier molecular flexibility index (Phi) is 3.96. The molecule has 0 amide bonds. The number of phenolic OH excluding ortho intramolecular Hbond substituents is 1. The van der Waals surface area contributed by atoms with E-state index in [2.05, 4.69) is 5.92 Å². The van der Waals surface area contributed by atoms with Crippen molar-refractivity contribution in [2.75, 3.05) is 0 Å². The lowest BCUT2D eigenvalue weighted by Crippen LogP contribution is -1.99. The predicted molar refractivity (Wildman–Crippen MR) is 69.5 cm³/mol. The second-order valence-corrected chi connectivity index (χ2v) is 4.43. The molecule has 0 aromatic heterocycles. The van der Waals surface area contributed by atoms with Crippen molar-refractivity contribution in [1.29, 1.82) is 0 Å². The van der Waals surface area contributed by atoms with Crippen LogP contribution in [0.4, 0.5) is 4.39 Å². The van der Waals surface area contributed by atoms with Crippen molar-refractivity contribution in [3.63, 3.8) is 0 Å². The number of rotatable bonds is 2. The Labute approximate surface area is 102 Å². The van der Waals surface area contributed by atoms with Gasteiger partial charge in [-0.2, -0.15) is 0 Å². The highest BCUT2D eigenvalue weighted by atomic mass is 19.1. The molecule has 0 radical (unpaired) electrons. The first-order valence-electron chi connectivity index (χ1n) is 5.55. The minimum atomic E-state index is -0.372. The minimum absolute atomic E-state index is 0.165. The summed E-state index contributed by atoms with van der Waals surface area (Å²) in [4.78, 5) is 0. The Morgan fingerprint density at radius 1 is 1.41 bits per heavy atom. The van der Waals surface area contributed by atoms with Gasteiger partial charge in [-0.25, -0.2) is 4.39 Å². The van der Waals surface area contributed by atoms with Gasteiger partial charge in [-0.1, -0.05) is 19.8 Å². The van der Waals surface area contributed by atoms with Gasteiger partial charge in [-0.05, 0) is 48.6 Å². The number of hydrogen-bond acceptors (Lipinski definition) is 1. The molecule has 90 valence electrons. The summed E-state index contributed by atoms with van der Waals surface area (Å²) in [5, 5.41) is 9.60. The molecule has 2 heteroatoms. The molecule has 0 saturated heterocycles. The van der Waals surface area contributed by atoms with Crippen LogP contribution in [0.15, 0.2) is 18.0 Å². The van der Waals surface area contributed by atoms with Crippen LogP contribution >= 0.6 is 0 Å². The van der Waals surface area contributed by atoms with Gasteiger partial charge in [0.1, 0.15) is 11.6 Å². The number of benzene rings is 1. The Balaban J connectivity index is 3.64. The second-order valence-electron chi connectivity index (χ2n) is 4.43. The Morgan fingerprint density at radius 3 is 2.41 bits per heavy atom. The van der Waals surface area contributed by atoms with Crippen LogP contribution in [0.5, 0.6) is 5.75 Å². The quantitative estimate of drug-likeness (QED) is 0.759. The van der Waals surface area contributed by atoms with Crippen LogP contribution in [0.3, 0.4) is 0 Å². The summed E-state index contributed by atoms with van der Waals surface area (Å²) >= 11 is 0. The van der Waals surface area contributed by atoms with E-state index in [0.717, 1.165) is 16.7 Å². The monoisotopic (exact) mass is 232 g/mol. The summed E-state index contributed by atoms with van der Waals surface area (Å²) in [6.45, 7) is 7.14. The summed E-state index contributed by atoms with van der Waals surface area (Å²) < 4.78 is 13.5. The van der Waals surface area contributed by atoms with Crippen molar-refractivity contribution in [3.05, 3.63) is 34.6 Å². The van der Waals surface area contributed by atoms with Gasteiger partial charge in [-0.15, -0.1) is 6.42 Å². The van der Waals surface area contributed by atoms with E-state index < -0.39 is 0 Å². The average molecular weight is 232 g/mol. The fraction of sp³-hybridized carbons (Fsp3) is 0.333. The van der Waals surface area contributed by atoms with E-state index in [1.807, 2.05) is 20.8 Å². The molecule has 0 heterocycles. The van der Waals surface area contributed by atoms with Gasteiger partial charge in [0.2, 0.25) is 0 Å². The van der Waals surface area contributed by atoms with Crippen LogP contribution < -0.4 is 0 Å². The number of allylic oxidation sites excluding steroid dienone is 2. The maximum Gasteiger partial charge on any atom is 0.116 e. The Bertz CT molecular complexity index is 500. The topological polar surface area (TPSA) is 20.2 Å². The van der Waals surface area contributed by atoms with Crippen LogP contribution in [-0.2, 0) is 0 Å². The van der Waals surface area contributed by atoms with Gasteiger partial charge in [0, 0.05) is 0 Å². The molecule has 0 aliphatic heterocycles. The zero-order chi connectivity index (χ0) is 13.2. The van der Waals surface area contributed by atoms with Crippen LogP contribution in [-0.4, -0.2) is 5.11 Å². The van der Waals surface area contributed by atoms with Crippen LogP contribution in [0, 0.1) is 19.3 Å². The number of aromatic hydroxyl groups is 1. The molecular formula is C15H17FO. The summed E-state index contributed by atoms with van der Waals surface area (Å²) in [7, 11) is 0. The molecule has 0 aliphatic carbocycles. The maximum atomic E-state index is 13.5. The molecule has 0 atom stereocenters. The Hall–Kier alpha value is -1.75. The van der Waals surface area contributed by atoms with Gasteiger partial charge in [0.15, 0.2) is 0 Å². The van der Waals surface area contributed by atoms with E-state index >= 15 is 0 Å². The number of halogens is 1. The van der Waals surface area contributed by atoms with Crippen LogP contribution in [0.1, 0.15) is 43.4 Å². The first-order valence-corrected chi connectivity index (χ1v) is 5.55. The average Bonchev–Trinajstić information content (AvgIpc) is 2.20. The first kappa shape index (κ1) is 13.3. The zero-order valence-corrected chi connectivity index (χ0v) is 10.6. The lowest BCUT2D eigenvalue weighted by molar-refractivity contribution is 0.473. The van der Waals surface area contributed by atoms with Gasteiger partial charge < -0.3 is 5.11 Å². The fourth-order valence-corrected chi connectivity index (χ4v) is 1.94. The third-order valence-corrected chi connectivity index (χ3v) is 2.71. The predicted octanol–water partition coefficient (Wildman–Crippen LogP) is 4.16. The third-order valence-electron chi connectivity index (χ3n) is 2.71. The van der Waals surface area contributed by atoms with E-state index in [9.17, 15) is 9.50 Å². The fourth-order valence-electron chi connectivity index (χ4n) is 1.94. The van der Waals surface area contributed by atoms with Crippen LogP contribution in [0.25, 0.3) is 5.57 Å². The van der Waals surface area contributed by atoms with E-state index in [4.69, 9.17) is 6.42 Å². The summed E-state index contributed by atoms with van der Waals surface area (Å²) in [6, 6.07) is 3.24. The molecule has 0 bridgehead atoms. The van der Waals surface area contributed by atoms with Gasteiger partial charge >= 0.3 is 0 Å². The van der Waals surface area contributed by atoms with Crippen molar-refractivity contribution in [2.45, 2.75) is 33.6 Å². The van der Waals surface area contributed by atoms with Gasteiger partial charge in [0.05, 0.1) is 5.57 Å². The molecule has 0 fully saturated rings. The molecule has 1 N–H and O–H groups in total. The summed E-state index contributed by atoms with van der Waals surface area (Å²) in [5.74, 6) is 2.37. The first-order chi connectivity index (χ1) is 7.88. The molecule has 1 rings (SSSR count). The van der Waals surface area contributed by atoms with Crippen molar-refractivity contribution < 1.29 is 9.50 Å². The van der Waals surface area contributed by atoms with E-state index in [1.54, 1.807) is 12.1 Å². The van der Waals surface area contributed by atoms with Crippen molar-refractivity contribution in [1.82, 2.24) is 0 Å². The van der Waals surface area contributed by atoms with E-state index in [0.29, 0.717) is 0 Å². The smallest absolute Gasteiger partial charge is 0.116 e. The minimum Gasteiger partial charge on any atom is -0.508 e. The van der Waals surface area contributed by atoms with E-state index in [1.165, 1.54) is 6.92 Å². The zero-order valence-electron chi connectivity index (χ0n) is 10.6. The van der Waals surface area contributed by atoms with Crippen molar-refractivity contribution in [3.8, 4) is 18.1 Å². The number of phenols is 1. The standard InChI is InChI=1S/C15H17FO/c1-6-13(11(5)16)15-10(4)7-12(17)8-14(15)9(2)3/h1,7-9,17H,2-5H3/b13-11+. The lowest BCUT2D eigenvalue weighted by atomic mass is 9.88. The molecular weight excluding hydrogens is 215 g/mol. The van der Waals surface area contributed by atoms with Crippen molar-refractivity contribution in [2.24, 2.45) is 0 Å². The van der Waals surface area contributed by atoms with Gasteiger partial charge in [0.25, 0.3) is 0 Å². The lowest BCUT2D eigenvalue weighted by Gasteiger charge is -2.16. The Morgan fingerprint density at radius 2 is 2.00 bits per heavy atom.